The Kier molecular flexibility index (Phi) is 5.15. The third kappa shape index (κ3) is 3.76. The number of hydrogen-bond donors (Lipinski definition) is 1. The standard InChI is InChI=1S/C18H20N2O3S/c1-22-14-9-13(10-15(11-14)23-2)19-18(21)12-20-7-8-24-17-6-4-3-5-16(17)20/h3-6,9-11H,7-8,12H2,1-2H3,(H,19,21). The normalized spacial score (nSPS) is 13.2. The SMILES string of the molecule is COc1cc(NC(=O)CN2CCSc3ccccc32)cc(OC)c1. The molecule has 0 unspecified atom stereocenters. The fourth-order valence-electron chi connectivity index (χ4n) is 2.64. The number of thioether (sulfide) groups is 1. The highest BCUT2D eigenvalue weighted by atomic mass is 32.2. The van der Waals surface area contributed by atoms with E-state index in [0.717, 1.165) is 18.0 Å². The first kappa shape index (κ1) is 16.5. The predicted octanol–water partition coefficient (Wildman–Crippen LogP) is 3.25. The second kappa shape index (κ2) is 7.49. The van der Waals surface area contributed by atoms with E-state index in [9.17, 15) is 4.79 Å². The van der Waals surface area contributed by atoms with Crippen LogP contribution in [0.1, 0.15) is 0 Å². The van der Waals surface area contributed by atoms with Gasteiger partial charge in [-0.25, -0.2) is 0 Å². The van der Waals surface area contributed by atoms with Crippen LogP contribution in [0.5, 0.6) is 11.5 Å². The molecule has 5 nitrogen and oxygen atoms in total. The number of methoxy groups -OCH3 is 2. The molecule has 0 saturated heterocycles. The molecule has 3 rings (SSSR count). The second-order valence-corrected chi connectivity index (χ2v) is 6.52. The van der Waals surface area contributed by atoms with E-state index in [2.05, 4.69) is 22.3 Å². The van der Waals surface area contributed by atoms with E-state index in [1.807, 2.05) is 23.9 Å². The van der Waals surface area contributed by atoms with E-state index in [-0.39, 0.29) is 5.91 Å². The molecule has 1 aliphatic rings. The van der Waals surface area contributed by atoms with Crippen LogP contribution in [0.4, 0.5) is 11.4 Å². The lowest BCUT2D eigenvalue weighted by Crippen LogP contribution is -2.36. The molecule has 1 amide bonds. The minimum Gasteiger partial charge on any atom is -0.497 e. The number of carbonyl (C=O) groups excluding carboxylic acids is 1. The maximum absolute atomic E-state index is 12.4. The molecule has 126 valence electrons. The quantitative estimate of drug-likeness (QED) is 0.902. The Morgan fingerprint density at radius 2 is 1.88 bits per heavy atom. The van der Waals surface area contributed by atoms with Gasteiger partial charge in [0, 0.05) is 41.1 Å². The number of nitrogens with zero attached hydrogens (tertiary/aromatic N) is 1. The summed E-state index contributed by atoms with van der Waals surface area (Å²) in [5, 5.41) is 2.92. The maximum Gasteiger partial charge on any atom is 0.243 e. The van der Waals surface area contributed by atoms with Gasteiger partial charge in [-0.1, -0.05) is 12.1 Å². The fourth-order valence-corrected chi connectivity index (χ4v) is 3.70. The lowest BCUT2D eigenvalue weighted by Gasteiger charge is -2.30. The van der Waals surface area contributed by atoms with Crippen molar-refractivity contribution in [1.82, 2.24) is 0 Å². The third-order valence-corrected chi connectivity index (χ3v) is 4.84. The summed E-state index contributed by atoms with van der Waals surface area (Å²) in [7, 11) is 3.17. The van der Waals surface area contributed by atoms with Gasteiger partial charge in [-0.2, -0.15) is 0 Å². The first-order valence-electron chi connectivity index (χ1n) is 7.69. The number of nitrogens with one attached hydrogen (secondary N) is 1. The summed E-state index contributed by atoms with van der Waals surface area (Å²) < 4.78 is 10.5. The van der Waals surface area contributed by atoms with Gasteiger partial charge in [0.25, 0.3) is 0 Å². The van der Waals surface area contributed by atoms with Crippen molar-refractivity contribution in [1.29, 1.82) is 0 Å². The minimum absolute atomic E-state index is 0.0630. The molecular formula is C18H20N2O3S. The number of carbonyl (C=O) groups is 1. The van der Waals surface area contributed by atoms with Crippen molar-refractivity contribution in [3.05, 3.63) is 42.5 Å². The van der Waals surface area contributed by atoms with Crippen LogP contribution in [-0.4, -0.2) is 39.0 Å². The molecule has 1 N–H and O–H groups in total. The highest BCUT2D eigenvalue weighted by molar-refractivity contribution is 7.99. The van der Waals surface area contributed by atoms with Gasteiger partial charge >= 0.3 is 0 Å². The number of hydrogen-bond acceptors (Lipinski definition) is 5. The average Bonchev–Trinajstić information content (AvgIpc) is 2.61. The van der Waals surface area contributed by atoms with Crippen molar-refractivity contribution < 1.29 is 14.3 Å². The van der Waals surface area contributed by atoms with E-state index in [1.165, 1.54) is 4.90 Å². The van der Waals surface area contributed by atoms with E-state index in [1.54, 1.807) is 32.4 Å². The molecule has 24 heavy (non-hydrogen) atoms. The van der Waals surface area contributed by atoms with Gasteiger partial charge in [-0.05, 0) is 12.1 Å². The Labute approximate surface area is 145 Å². The molecule has 0 aliphatic carbocycles. The van der Waals surface area contributed by atoms with Gasteiger partial charge in [-0.3, -0.25) is 4.79 Å². The first-order valence-corrected chi connectivity index (χ1v) is 8.68. The van der Waals surface area contributed by atoms with Crippen molar-refractivity contribution in [3.63, 3.8) is 0 Å². The van der Waals surface area contributed by atoms with Crippen molar-refractivity contribution in [2.24, 2.45) is 0 Å². The zero-order chi connectivity index (χ0) is 16.9. The zero-order valence-corrected chi connectivity index (χ0v) is 14.6. The highest BCUT2D eigenvalue weighted by Gasteiger charge is 2.19. The number of fused-ring (bicyclic) bond motifs is 1. The Morgan fingerprint density at radius 1 is 1.17 bits per heavy atom. The number of benzene rings is 2. The Hall–Kier alpha value is -2.34. The third-order valence-electron chi connectivity index (χ3n) is 3.79. The van der Waals surface area contributed by atoms with Crippen molar-refractivity contribution >= 4 is 29.0 Å². The van der Waals surface area contributed by atoms with E-state index in [0.29, 0.717) is 23.7 Å². The lowest BCUT2D eigenvalue weighted by molar-refractivity contribution is -0.115. The van der Waals surface area contributed by atoms with Crippen LogP contribution < -0.4 is 19.7 Å². The van der Waals surface area contributed by atoms with Crippen LogP contribution in [0, 0.1) is 0 Å². The molecule has 1 aliphatic heterocycles. The van der Waals surface area contributed by atoms with Crippen molar-refractivity contribution in [2.75, 3.05) is 43.3 Å². The van der Waals surface area contributed by atoms with Crippen LogP contribution in [0.2, 0.25) is 0 Å². The summed E-state index contributed by atoms with van der Waals surface area (Å²) >= 11 is 1.83. The van der Waals surface area contributed by atoms with Gasteiger partial charge < -0.3 is 19.7 Å². The lowest BCUT2D eigenvalue weighted by atomic mass is 10.2. The molecule has 2 aromatic carbocycles. The number of anilines is 2. The smallest absolute Gasteiger partial charge is 0.243 e. The van der Waals surface area contributed by atoms with Crippen LogP contribution in [-0.2, 0) is 4.79 Å². The van der Waals surface area contributed by atoms with Crippen molar-refractivity contribution in [3.8, 4) is 11.5 Å². The Balaban J connectivity index is 1.71. The number of amides is 1. The van der Waals surface area contributed by atoms with E-state index < -0.39 is 0 Å². The van der Waals surface area contributed by atoms with Crippen LogP contribution >= 0.6 is 11.8 Å². The Morgan fingerprint density at radius 3 is 2.58 bits per heavy atom. The monoisotopic (exact) mass is 344 g/mol. The number of para-hydroxylation sites is 1. The molecule has 0 saturated carbocycles. The molecular weight excluding hydrogens is 324 g/mol. The van der Waals surface area contributed by atoms with Crippen molar-refractivity contribution in [2.45, 2.75) is 4.90 Å². The highest BCUT2D eigenvalue weighted by Crippen LogP contribution is 2.34. The van der Waals surface area contributed by atoms with E-state index in [4.69, 9.17) is 9.47 Å². The number of rotatable bonds is 5. The van der Waals surface area contributed by atoms with Gasteiger partial charge in [0.05, 0.1) is 26.5 Å². The molecule has 0 spiro atoms. The zero-order valence-electron chi connectivity index (χ0n) is 13.7. The minimum atomic E-state index is -0.0630. The predicted molar refractivity (Wildman–Crippen MR) is 97.6 cm³/mol. The molecule has 0 fully saturated rings. The number of ether oxygens (including phenoxy) is 2. The molecule has 6 heteroatoms. The Bertz CT molecular complexity index is 714. The second-order valence-electron chi connectivity index (χ2n) is 5.39. The average molecular weight is 344 g/mol. The topological polar surface area (TPSA) is 50.8 Å². The van der Waals surface area contributed by atoms with Gasteiger partial charge in [0.15, 0.2) is 0 Å². The molecule has 0 bridgehead atoms. The van der Waals surface area contributed by atoms with Crippen LogP contribution in [0.3, 0.4) is 0 Å². The first-order chi connectivity index (χ1) is 11.7. The maximum atomic E-state index is 12.4. The van der Waals surface area contributed by atoms with Crippen LogP contribution in [0.15, 0.2) is 47.4 Å². The molecule has 0 aromatic heterocycles. The van der Waals surface area contributed by atoms with Gasteiger partial charge in [-0.15, -0.1) is 11.8 Å². The summed E-state index contributed by atoms with van der Waals surface area (Å²) in [6, 6.07) is 13.5. The fraction of sp³-hybridized carbons (Fsp3) is 0.278. The molecule has 0 atom stereocenters. The summed E-state index contributed by atoms with van der Waals surface area (Å²) in [5.74, 6) is 2.21. The molecule has 2 aromatic rings. The van der Waals surface area contributed by atoms with Gasteiger partial charge in [0.1, 0.15) is 11.5 Å². The summed E-state index contributed by atoms with van der Waals surface area (Å²) in [4.78, 5) is 15.8. The van der Waals surface area contributed by atoms with Gasteiger partial charge in [0.2, 0.25) is 5.91 Å². The summed E-state index contributed by atoms with van der Waals surface area (Å²) in [6.07, 6.45) is 0. The van der Waals surface area contributed by atoms with Crippen LogP contribution in [0.25, 0.3) is 0 Å². The summed E-state index contributed by atoms with van der Waals surface area (Å²) in [6.45, 7) is 1.17. The molecule has 1 heterocycles. The summed E-state index contributed by atoms with van der Waals surface area (Å²) in [5.41, 5.74) is 1.78. The molecule has 0 radical (unpaired) electrons. The van der Waals surface area contributed by atoms with E-state index >= 15 is 0 Å². The largest absolute Gasteiger partial charge is 0.497 e.